The normalized spacial score (nSPS) is 11.5. The van der Waals surface area contributed by atoms with E-state index < -0.39 is 10.0 Å². The molecule has 0 saturated heterocycles. The number of carbonyl (C=O) groups is 1. The predicted octanol–water partition coefficient (Wildman–Crippen LogP) is 1.17. The lowest BCUT2D eigenvalue weighted by Gasteiger charge is -2.19. The van der Waals surface area contributed by atoms with Gasteiger partial charge in [0.2, 0.25) is 15.9 Å². The molecule has 24 heavy (non-hydrogen) atoms. The summed E-state index contributed by atoms with van der Waals surface area (Å²) in [5.41, 5.74) is 0.795. The second-order valence-electron chi connectivity index (χ2n) is 5.32. The first-order valence-electron chi connectivity index (χ1n) is 7.78. The fraction of sp³-hybridized carbons (Fsp3) is 0.562. The second kappa shape index (κ2) is 9.61. The van der Waals surface area contributed by atoms with E-state index in [1.54, 1.807) is 19.1 Å². The number of likely N-dealkylation sites (N-methyl/N-ethyl adjacent to an activating group) is 1. The van der Waals surface area contributed by atoms with Crippen LogP contribution in [-0.2, 0) is 19.6 Å². The number of nitrogens with one attached hydrogen (secondary N) is 1. The lowest BCUT2D eigenvalue weighted by atomic mass is 10.2. The van der Waals surface area contributed by atoms with Crippen molar-refractivity contribution in [2.24, 2.45) is 0 Å². The minimum Gasteiger partial charge on any atom is -0.495 e. The fourth-order valence-electron chi connectivity index (χ4n) is 2.04. The molecule has 0 spiro atoms. The van der Waals surface area contributed by atoms with E-state index >= 15 is 0 Å². The summed E-state index contributed by atoms with van der Waals surface area (Å²) in [5, 5.41) is 2.68. The highest BCUT2D eigenvalue weighted by molar-refractivity contribution is 7.89. The number of hydrogen-bond acceptors (Lipinski definition) is 5. The van der Waals surface area contributed by atoms with Crippen molar-refractivity contribution in [2.75, 3.05) is 40.5 Å². The third kappa shape index (κ3) is 5.77. The van der Waals surface area contributed by atoms with E-state index in [1.165, 1.54) is 20.2 Å². The first kappa shape index (κ1) is 20.4. The van der Waals surface area contributed by atoms with Gasteiger partial charge in [0, 0.05) is 26.8 Å². The quantitative estimate of drug-likeness (QED) is 0.635. The molecule has 136 valence electrons. The average molecular weight is 358 g/mol. The topological polar surface area (TPSA) is 84.9 Å². The smallest absolute Gasteiger partial charge is 0.246 e. The van der Waals surface area contributed by atoms with Crippen molar-refractivity contribution >= 4 is 15.9 Å². The zero-order valence-corrected chi connectivity index (χ0v) is 15.5. The van der Waals surface area contributed by atoms with E-state index in [0.717, 1.165) is 9.87 Å². The van der Waals surface area contributed by atoms with Crippen molar-refractivity contribution in [1.82, 2.24) is 9.62 Å². The van der Waals surface area contributed by atoms with E-state index in [0.29, 0.717) is 26.2 Å². The number of aryl methyl sites for hydroxylation is 1. The summed E-state index contributed by atoms with van der Waals surface area (Å²) in [7, 11) is -1.03. The molecule has 0 unspecified atom stereocenters. The minimum absolute atomic E-state index is 0.0524. The number of sulfonamides is 1. The van der Waals surface area contributed by atoms with Gasteiger partial charge in [0.05, 0.1) is 13.7 Å². The van der Waals surface area contributed by atoms with Gasteiger partial charge in [0.15, 0.2) is 0 Å². The van der Waals surface area contributed by atoms with Crippen molar-refractivity contribution in [3.05, 3.63) is 23.8 Å². The van der Waals surface area contributed by atoms with Gasteiger partial charge in [0.1, 0.15) is 10.6 Å². The third-order valence-corrected chi connectivity index (χ3v) is 5.19. The summed E-state index contributed by atoms with van der Waals surface area (Å²) in [6.07, 6.45) is 0.682. The van der Waals surface area contributed by atoms with Crippen molar-refractivity contribution < 1.29 is 22.7 Å². The van der Waals surface area contributed by atoms with E-state index in [9.17, 15) is 13.2 Å². The molecule has 1 aromatic rings. The highest BCUT2D eigenvalue weighted by Crippen LogP contribution is 2.26. The Morgan fingerprint density at radius 2 is 2.04 bits per heavy atom. The number of rotatable bonds is 10. The van der Waals surface area contributed by atoms with E-state index in [-0.39, 0.29) is 23.1 Å². The van der Waals surface area contributed by atoms with Crippen LogP contribution in [0.3, 0.4) is 0 Å². The molecule has 0 saturated carbocycles. The van der Waals surface area contributed by atoms with Crippen molar-refractivity contribution in [2.45, 2.75) is 25.2 Å². The van der Waals surface area contributed by atoms with Crippen LogP contribution in [-0.4, -0.2) is 59.1 Å². The van der Waals surface area contributed by atoms with Gasteiger partial charge < -0.3 is 14.8 Å². The van der Waals surface area contributed by atoms with Gasteiger partial charge in [-0.15, -0.1) is 0 Å². The summed E-state index contributed by atoms with van der Waals surface area (Å²) < 4.78 is 36.6. The van der Waals surface area contributed by atoms with Crippen LogP contribution >= 0.6 is 0 Å². The monoisotopic (exact) mass is 358 g/mol. The molecule has 1 N–H and O–H groups in total. The van der Waals surface area contributed by atoms with Crippen LogP contribution in [0.15, 0.2) is 23.1 Å². The van der Waals surface area contributed by atoms with Crippen molar-refractivity contribution in [3.8, 4) is 5.75 Å². The molecule has 0 atom stereocenters. The molecule has 0 radical (unpaired) electrons. The van der Waals surface area contributed by atoms with Crippen LogP contribution in [0.4, 0.5) is 0 Å². The minimum atomic E-state index is -3.82. The Kier molecular flexibility index (Phi) is 8.17. The number of methoxy groups -OCH3 is 1. The zero-order valence-electron chi connectivity index (χ0n) is 14.7. The van der Waals surface area contributed by atoms with Gasteiger partial charge in [-0.3, -0.25) is 4.79 Å². The molecule has 0 aliphatic heterocycles. The average Bonchev–Trinajstić information content (AvgIpc) is 2.54. The van der Waals surface area contributed by atoms with Crippen LogP contribution in [0.25, 0.3) is 0 Å². The molecule has 0 fully saturated rings. The van der Waals surface area contributed by atoms with E-state index in [4.69, 9.17) is 9.47 Å². The van der Waals surface area contributed by atoms with Crippen LogP contribution in [0.5, 0.6) is 5.75 Å². The summed E-state index contributed by atoms with van der Waals surface area (Å²) in [4.78, 5) is 11.9. The van der Waals surface area contributed by atoms with Gasteiger partial charge in [-0.2, -0.15) is 4.31 Å². The van der Waals surface area contributed by atoms with Gasteiger partial charge >= 0.3 is 0 Å². The standard InChI is InChI=1S/C16H26N2O5S/c1-5-23-10-6-9-17-16(19)12-18(3)24(20,21)15-11-13(2)7-8-14(15)22-4/h7-8,11H,5-6,9-10,12H2,1-4H3,(H,17,19). The third-order valence-electron chi connectivity index (χ3n) is 3.37. The SMILES string of the molecule is CCOCCCNC(=O)CN(C)S(=O)(=O)c1cc(C)ccc1OC. The van der Waals surface area contributed by atoms with Crippen LogP contribution < -0.4 is 10.1 Å². The number of hydrogen-bond donors (Lipinski definition) is 1. The zero-order chi connectivity index (χ0) is 18.2. The van der Waals surface area contributed by atoms with Gasteiger partial charge in [0.25, 0.3) is 0 Å². The maximum Gasteiger partial charge on any atom is 0.246 e. The predicted molar refractivity (Wildman–Crippen MR) is 91.7 cm³/mol. The maximum absolute atomic E-state index is 12.7. The molecular formula is C16H26N2O5S. The fourth-order valence-corrected chi connectivity index (χ4v) is 3.41. The summed E-state index contributed by atoms with van der Waals surface area (Å²) in [5.74, 6) is -0.103. The largest absolute Gasteiger partial charge is 0.495 e. The summed E-state index contributed by atoms with van der Waals surface area (Å²) in [6, 6.07) is 4.90. The highest BCUT2D eigenvalue weighted by atomic mass is 32.2. The number of ether oxygens (including phenoxy) is 2. The van der Waals surface area contributed by atoms with Crippen LogP contribution in [0.1, 0.15) is 18.9 Å². The highest BCUT2D eigenvalue weighted by Gasteiger charge is 2.26. The molecule has 8 heteroatoms. The molecule has 7 nitrogen and oxygen atoms in total. The van der Waals surface area contributed by atoms with Gasteiger partial charge in [-0.25, -0.2) is 8.42 Å². The lowest BCUT2D eigenvalue weighted by molar-refractivity contribution is -0.121. The first-order valence-corrected chi connectivity index (χ1v) is 9.22. The Bertz CT molecular complexity index is 646. The van der Waals surface area contributed by atoms with E-state index in [2.05, 4.69) is 5.32 Å². The van der Waals surface area contributed by atoms with Crippen LogP contribution in [0.2, 0.25) is 0 Å². The molecule has 0 heterocycles. The Labute approximate surface area is 144 Å². The Hall–Kier alpha value is -1.64. The first-order chi connectivity index (χ1) is 11.3. The second-order valence-corrected chi connectivity index (χ2v) is 7.33. The Balaban J connectivity index is 2.70. The molecule has 0 aliphatic rings. The summed E-state index contributed by atoms with van der Waals surface area (Å²) >= 11 is 0. The number of benzene rings is 1. The Morgan fingerprint density at radius 3 is 2.67 bits per heavy atom. The Morgan fingerprint density at radius 1 is 1.33 bits per heavy atom. The van der Waals surface area contributed by atoms with Crippen LogP contribution in [0, 0.1) is 6.92 Å². The van der Waals surface area contributed by atoms with Crippen molar-refractivity contribution in [3.63, 3.8) is 0 Å². The van der Waals surface area contributed by atoms with Crippen molar-refractivity contribution in [1.29, 1.82) is 0 Å². The maximum atomic E-state index is 12.7. The van der Waals surface area contributed by atoms with Gasteiger partial charge in [-0.05, 0) is 38.0 Å². The lowest BCUT2D eigenvalue weighted by Crippen LogP contribution is -2.39. The number of amides is 1. The molecule has 1 rings (SSSR count). The molecule has 1 aromatic carbocycles. The van der Waals surface area contributed by atoms with Gasteiger partial charge in [-0.1, -0.05) is 6.07 Å². The molecule has 0 aromatic heterocycles. The van der Waals surface area contributed by atoms with E-state index in [1.807, 2.05) is 6.92 Å². The molecule has 0 bridgehead atoms. The summed E-state index contributed by atoms with van der Waals surface area (Å²) in [6.45, 7) is 5.08. The molecule has 0 aliphatic carbocycles. The number of nitrogens with zero attached hydrogens (tertiary/aromatic N) is 1. The number of carbonyl (C=O) groups excluding carboxylic acids is 1. The molecule has 1 amide bonds. The molecular weight excluding hydrogens is 332 g/mol.